The molecule has 1 aromatic heterocycles. The number of rotatable bonds is 2. The number of anilines is 1. The largest absolute Gasteiger partial charge is 0.474 e. The Balaban J connectivity index is 2.02. The fraction of sp³-hybridized carbons (Fsp3) is 0.500. The van der Waals surface area contributed by atoms with E-state index >= 15 is 4.39 Å². The fourth-order valence-electron chi connectivity index (χ4n) is 3.98. The topological polar surface area (TPSA) is 107 Å². The van der Waals surface area contributed by atoms with Crippen molar-refractivity contribution in [3.8, 4) is 17.1 Å². The van der Waals surface area contributed by atoms with Gasteiger partial charge in [0.2, 0.25) is 5.88 Å². The Bertz CT molecular complexity index is 1200. The summed E-state index contributed by atoms with van der Waals surface area (Å²) in [7, 11) is 0. The lowest BCUT2D eigenvalue weighted by Crippen LogP contribution is -2.49. The average molecular weight is 523 g/mol. The maximum Gasteiger partial charge on any atom is 0.410 e. The molecular formula is C26H33F3N4O4. The minimum Gasteiger partial charge on any atom is -0.474 e. The van der Waals surface area contributed by atoms with Crippen LogP contribution in [-0.2, 0) is 4.74 Å². The molecule has 3 N–H and O–H groups in total. The lowest BCUT2D eigenvalue weighted by atomic mass is 10.0. The Hall–Kier alpha value is -3.50. The van der Waals surface area contributed by atoms with Crippen molar-refractivity contribution in [1.29, 1.82) is 0 Å². The third-order valence-corrected chi connectivity index (χ3v) is 5.98. The number of hydrogen-bond acceptors (Lipinski definition) is 6. The van der Waals surface area contributed by atoms with Gasteiger partial charge in [-0.25, -0.2) is 22.9 Å². The van der Waals surface area contributed by atoms with Crippen molar-refractivity contribution < 1.29 is 32.2 Å². The number of amides is 2. The number of benzene rings is 1. The molecule has 11 heteroatoms. The molecule has 0 fully saturated rings. The number of hydrogen-bond donors (Lipinski definition) is 2. The van der Waals surface area contributed by atoms with Crippen molar-refractivity contribution in [3.05, 3.63) is 40.7 Å². The van der Waals surface area contributed by atoms with Gasteiger partial charge in [-0.05, 0) is 58.7 Å². The molecule has 0 spiro atoms. The molecule has 1 aliphatic heterocycles. The van der Waals surface area contributed by atoms with Crippen LogP contribution in [-0.4, -0.2) is 52.7 Å². The molecule has 37 heavy (non-hydrogen) atoms. The van der Waals surface area contributed by atoms with E-state index in [1.807, 2.05) is 6.92 Å². The van der Waals surface area contributed by atoms with Crippen LogP contribution in [0.15, 0.2) is 12.1 Å². The van der Waals surface area contributed by atoms with Crippen LogP contribution in [0, 0.1) is 24.4 Å². The highest BCUT2D eigenvalue weighted by Gasteiger charge is 2.31. The highest BCUT2D eigenvalue weighted by Crippen LogP contribution is 2.34. The lowest BCUT2D eigenvalue weighted by molar-refractivity contribution is 0.0133. The summed E-state index contributed by atoms with van der Waals surface area (Å²) < 4.78 is 55.4. The minimum atomic E-state index is -1.16. The van der Waals surface area contributed by atoms with E-state index in [2.05, 4.69) is 10.3 Å². The summed E-state index contributed by atoms with van der Waals surface area (Å²) in [6.45, 7) is 10.6. The van der Waals surface area contributed by atoms with Crippen molar-refractivity contribution in [3.63, 3.8) is 0 Å². The molecule has 2 atom stereocenters. The quantitative estimate of drug-likeness (QED) is 0.540. The average Bonchev–Trinajstić information content (AvgIpc) is 2.83. The van der Waals surface area contributed by atoms with Crippen molar-refractivity contribution in [2.24, 2.45) is 0 Å². The molecule has 2 amide bonds. The Kier molecular flexibility index (Phi) is 8.24. The van der Waals surface area contributed by atoms with Crippen molar-refractivity contribution in [2.45, 2.75) is 72.1 Å². The van der Waals surface area contributed by atoms with E-state index < -0.39 is 52.5 Å². The maximum atomic E-state index is 15.2. The monoisotopic (exact) mass is 522 g/mol. The number of nitrogens with two attached hydrogens (primary N) is 1. The molecule has 1 aliphatic rings. The van der Waals surface area contributed by atoms with Gasteiger partial charge in [0.05, 0.1) is 12.1 Å². The molecule has 2 heterocycles. The van der Waals surface area contributed by atoms with Crippen molar-refractivity contribution in [2.75, 3.05) is 18.8 Å². The van der Waals surface area contributed by atoms with Crippen LogP contribution >= 0.6 is 0 Å². The number of aromatic nitrogens is 1. The summed E-state index contributed by atoms with van der Waals surface area (Å²) in [5.41, 5.74) is 3.04. The van der Waals surface area contributed by atoms with Gasteiger partial charge in [-0.1, -0.05) is 6.92 Å². The third kappa shape index (κ3) is 6.26. The first-order valence-corrected chi connectivity index (χ1v) is 12.1. The second-order valence-corrected chi connectivity index (χ2v) is 10.1. The van der Waals surface area contributed by atoms with Crippen molar-refractivity contribution >= 4 is 17.7 Å². The van der Waals surface area contributed by atoms with Gasteiger partial charge in [-0.15, -0.1) is 0 Å². The number of nitrogens with one attached hydrogen (secondary N) is 1. The van der Waals surface area contributed by atoms with Crippen LogP contribution in [0.3, 0.4) is 0 Å². The third-order valence-electron chi connectivity index (χ3n) is 5.98. The Morgan fingerprint density at radius 3 is 2.54 bits per heavy atom. The smallest absolute Gasteiger partial charge is 0.410 e. The first kappa shape index (κ1) is 28.1. The first-order chi connectivity index (χ1) is 17.2. The number of aryl methyl sites for hydroxylation is 1. The van der Waals surface area contributed by atoms with Crippen LogP contribution in [0.4, 0.5) is 23.7 Å². The van der Waals surface area contributed by atoms with E-state index in [1.54, 1.807) is 32.6 Å². The zero-order chi connectivity index (χ0) is 27.7. The standard InChI is InChI=1S/C26H33F3N4O4/c1-7-15-12-31-23(34)17-11-18(27)22(16-10-13(2)19(28)21(30)20(16)29)32-24(17)36-14(3)8-9-33(15)25(35)37-26(4,5)6/h10-11,14-15H,7-9,12,30H2,1-6H3,(H,31,34)/t14-,15?/m0/s1. The zero-order valence-electron chi connectivity index (χ0n) is 21.9. The minimum absolute atomic E-state index is 0.00601. The fourth-order valence-corrected chi connectivity index (χ4v) is 3.98. The van der Waals surface area contributed by atoms with E-state index in [0.29, 0.717) is 12.8 Å². The molecular weight excluding hydrogens is 489 g/mol. The molecule has 8 nitrogen and oxygen atoms in total. The molecule has 1 aromatic carbocycles. The first-order valence-electron chi connectivity index (χ1n) is 12.1. The summed E-state index contributed by atoms with van der Waals surface area (Å²) in [6.07, 6.45) is -0.224. The predicted molar refractivity (Wildman–Crippen MR) is 133 cm³/mol. The second kappa shape index (κ2) is 10.9. The number of carbonyl (C=O) groups excluding carboxylic acids is 2. The SMILES string of the molecule is CCC1CNC(=O)c2cc(F)c(-c3cc(C)c(F)c(N)c3F)nc2O[C@@H](C)CCN1C(=O)OC(C)(C)C. The number of halogens is 3. The number of ether oxygens (including phenoxy) is 2. The van der Waals surface area contributed by atoms with Gasteiger partial charge in [0.25, 0.3) is 5.91 Å². The number of fused-ring (bicyclic) bond motifs is 1. The molecule has 0 saturated heterocycles. The van der Waals surface area contributed by atoms with Crippen molar-refractivity contribution in [1.82, 2.24) is 15.2 Å². The summed E-state index contributed by atoms with van der Waals surface area (Å²) in [6, 6.07) is 1.61. The highest BCUT2D eigenvalue weighted by atomic mass is 19.1. The number of carbonyl (C=O) groups is 2. The molecule has 1 unspecified atom stereocenters. The Morgan fingerprint density at radius 2 is 1.92 bits per heavy atom. The van der Waals surface area contributed by atoms with E-state index in [9.17, 15) is 18.4 Å². The number of nitrogens with zero attached hydrogens (tertiary/aromatic N) is 2. The van der Waals surface area contributed by atoms with Gasteiger partial charge in [0.15, 0.2) is 17.5 Å². The molecule has 0 aliphatic carbocycles. The lowest BCUT2D eigenvalue weighted by Gasteiger charge is -2.33. The molecule has 202 valence electrons. The van der Waals surface area contributed by atoms with Crippen LogP contribution in [0.5, 0.6) is 5.88 Å². The Morgan fingerprint density at radius 1 is 1.24 bits per heavy atom. The summed E-state index contributed by atoms with van der Waals surface area (Å²) >= 11 is 0. The molecule has 0 bridgehead atoms. The maximum absolute atomic E-state index is 15.2. The van der Waals surface area contributed by atoms with Crippen LogP contribution < -0.4 is 15.8 Å². The van der Waals surface area contributed by atoms with Gasteiger partial charge < -0.3 is 25.4 Å². The van der Waals surface area contributed by atoms with Gasteiger partial charge in [-0.2, -0.15) is 0 Å². The summed E-state index contributed by atoms with van der Waals surface area (Å²) in [5, 5.41) is 2.70. The zero-order valence-corrected chi connectivity index (χ0v) is 21.9. The van der Waals surface area contributed by atoms with Gasteiger partial charge in [-0.3, -0.25) is 4.79 Å². The van der Waals surface area contributed by atoms with E-state index in [4.69, 9.17) is 15.2 Å². The van der Waals surface area contributed by atoms with Crippen LogP contribution in [0.1, 0.15) is 63.4 Å². The molecule has 0 radical (unpaired) electrons. The van der Waals surface area contributed by atoms with E-state index in [1.165, 1.54) is 6.92 Å². The van der Waals surface area contributed by atoms with Gasteiger partial charge >= 0.3 is 6.09 Å². The van der Waals surface area contributed by atoms with Crippen LogP contribution in [0.2, 0.25) is 0 Å². The molecule has 0 saturated carbocycles. The van der Waals surface area contributed by atoms with E-state index in [-0.39, 0.29) is 41.7 Å². The summed E-state index contributed by atoms with van der Waals surface area (Å²) in [4.78, 5) is 31.6. The summed E-state index contributed by atoms with van der Waals surface area (Å²) in [5.74, 6) is -4.02. The number of nitrogen functional groups attached to an aromatic ring is 1. The van der Waals surface area contributed by atoms with E-state index in [0.717, 1.165) is 12.1 Å². The Labute approximate surface area is 214 Å². The predicted octanol–water partition coefficient (Wildman–Crippen LogP) is 4.97. The normalized spacial score (nSPS) is 18.8. The van der Waals surface area contributed by atoms with Gasteiger partial charge in [0.1, 0.15) is 22.5 Å². The van der Waals surface area contributed by atoms with Gasteiger partial charge in [0, 0.05) is 25.1 Å². The van der Waals surface area contributed by atoms with Crippen LogP contribution in [0.25, 0.3) is 11.3 Å². The highest BCUT2D eigenvalue weighted by molar-refractivity contribution is 5.97. The second-order valence-electron chi connectivity index (χ2n) is 10.1. The molecule has 3 rings (SSSR count). The number of pyridine rings is 1. The molecule has 2 aromatic rings.